The second kappa shape index (κ2) is 8.11. The molecule has 1 aromatic heterocycles. The predicted molar refractivity (Wildman–Crippen MR) is 114 cm³/mol. The molecule has 0 N–H and O–H groups in total. The number of ketones is 1. The highest BCUT2D eigenvalue weighted by Crippen LogP contribution is 2.49. The van der Waals surface area contributed by atoms with Crippen LogP contribution in [-0.4, -0.2) is 24.6 Å². The number of carbonyl (C=O) groups is 1. The fourth-order valence-electron chi connectivity index (χ4n) is 4.12. The first-order valence-electron chi connectivity index (χ1n) is 9.74. The molecule has 0 bridgehead atoms. The summed E-state index contributed by atoms with van der Waals surface area (Å²) in [6.07, 6.45) is 3.48. The summed E-state index contributed by atoms with van der Waals surface area (Å²) in [7, 11) is -0.818. The van der Waals surface area contributed by atoms with E-state index in [1.165, 1.54) is 14.2 Å². The molecule has 0 spiro atoms. The molecule has 29 heavy (non-hydrogen) atoms. The molecule has 4 rings (SSSR count). The van der Waals surface area contributed by atoms with Crippen LogP contribution in [0.25, 0.3) is 5.69 Å². The van der Waals surface area contributed by atoms with E-state index < -0.39 is 7.60 Å². The third-order valence-corrected chi connectivity index (χ3v) is 7.41. The quantitative estimate of drug-likeness (QED) is 0.438. The average Bonchev–Trinajstić information content (AvgIpc) is 3.15. The van der Waals surface area contributed by atoms with E-state index in [1.54, 1.807) is 4.57 Å². The minimum Gasteiger partial charge on any atom is -0.308 e. The fourth-order valence-corrected chi connectivity index (χ4v) is 5.65. The van der Waals surface area contributed by atoms with Gasteiger partial charge in [0.2, 0.25) is 5.78 Å². The van der Waals surface area contributed by atoms with Crippen molar-refractivity contribution >= 4 is 18.8 Å². The van der Waals surface area contributed by atoms with E-state index in [1.807, 2.05) is 60.7 Å². The minimum absolute atomic E-state index is 0.0855. The van der Waals surface area contributed by atoms with Crippen molar-refractivity contribution in [1.29, 1.82) is 0 Å². The number of rotatable bonds is 6. The van der Waals surface area contributed by atoms with Gasteiger partial charge in [0, 0.05) is 25.5 Å². The lowest BCUT2D eigenvalue weighted by Gasteiger charge is -2.20. The van der Waals surface area contributed by atoms with Crippen LogP contribution in [0.1, 0.15) is 40.0 Å². The van der Waals surface area contributed by atoms with Gasteiger partial charge in [0.15, 0.2) is 0 Å². The van der Waals surface area contributed by atoms with Crippen LogP contribution in [0.2, 0.25) is 0 Å². The van der Waals surface area contributed by atoms with Gasteiger partial charge in [0.05, 0.1) is 5.69 Å². The molecule has 6 heteroatoms. The first kappa shape index (κ1) is 19.8. The summed E-state index contributed by atoms with van der Waals surface area (Å²) < 4.78 is 26.2. The zero-order chi connectivity index (χ0) is 20.4. The molecule has 0 saturated carbocycles. The van der Waals surface area contributed by atoms with Crippen molar-refractivity contribution in [3.63, 3.8) is 0 Å². The maximum Gasteiger partial charge on any atom is 0.377 e. The normalized spacial score (nSPS) is 13.9. The van der Waals surface area contributed by atoms with Crippen LogP contribution in [0.4, 0.5) is 0 Å². The third kappa shape index (κ3) is 3.40. The van der Waals surface area contributed by atoms with Gasteiger partial charge in [-0.1, -0.05) is 48.5 Å². The van der Waals surface area contributed by atoms with E-state index in [-0.39, 0.29) is 5.78 Å². The second-order valence-electron chi connectivity index (χ2n) is 7.07. The molecule has 0 radical (unpaired) electrons. The van der Waals surface area contributed by atoms with Gasteiger partial charge in [-0.25, -0.2) is 0 Å². The van der Waals surface area contributed by atoms with Crippen LogP contribution >= 0.6 is 7.60 Å². The number of aromatic nitrogens is 1. The molecule has 0 atom stereocenters. The number of benzene rings is 2. The maximum atomic E-state index is 13.6. The van der Waals surface area contributed by atoms with Gasteiger partial charge in [0.25, 0.3) is 0 Å². The Kier molecular flexibility index (Phi) is 5.55. The second-order valence-corrected chi connectivity index (χ2v) is 9.21. The Hall–Kier alpha value is -2.46. The number of nitrogens with zero attached hydrogens (tertiary/aromatic N) is 1. The largest absolute Gasteiger partial charge is 0.377 e. The van der Waals surface area contributed by atoms with Gasteiger partial charge in [-0.2, -0.15) is 0 Å². The standard InChI is InChI=1S/C23H24NO4P/c1-27-29(26,28-2)23-20-16-10-9-15-19(20)21(22(25)17-11-5-3-6-12-17)24(23)18-13-7-4-8-14-18/h3-8,11-14H,9-10,15-16H2,1-2H3. The monoisotopic (exact) mass is 409 g/mol. The van der Waals surface area contributed by atoms with Crippen molar-refractivity contribution in [1.82, 2.24) is 4.57 Å². The molecular formula is C23H24NO4P. The van der Waals surface area contributed by atoms with Crippen LogP contribution in [0.15, 0.2) is 60.7 Å². The molecule has 1 aliphatic carbocycles. The molecule has 1 aliphatic rings. The van der Waals surface area contributed by atoms with Crippen molar-refractivity contribution in [3.05, 3.63) is 83.0 Å². The van der Waals surface area contributed by atoms with Gasteiger partial charge < -0.3 is 9.05 Å². The van der Waals surface area contributed by atoms with Crippen molar-refractivity contribution in [2.45, 2.75) is 25.7 Å². The summed E-state index contributed by atoms with van der Waals surface area (Å²) in [6, 6.07) is 18.8. The lowest BCUT2D eigenvalue weighted by molar-refractivity contribution is 0.103. The van der Waals surface area contributed by atoms with Crippen LogP contribution in [-0.2, 0) is 26.5 Å². The number of hydrogen-bond acceptors (Lipinski definition) is 4. The molecule has 0 saturated heterocycles. The summed E-state index contributed by atoms with van der Waals surface area (Å²) in [4.78, 5) is 13.6. The highest BCUT2D eigenvalue weighted by molar-refractivity contribution is 7.62. The smallest absolute Gasteiger partial charge is 0.308 e. The fraction of sp³-hybridized carbons (Fsp3) is 0.261. The number of para-hydroxylation sites is 1. The van der Waals surface area contributed by atoms with Crippen molar-refractivity contribution in [2.24, 2.45) is 0 Å². The molecule has 2 aromatic carbocycles. The van der Waals surface area contributed by atoms with Gasteiger partial charge in [-0.05, 0) is 48.9 Å². The van der Waals surface area contributed by atoms with Crippen LogP contribution < -0.4 is 5.44 Å². The van der Waals surface area contributed by atoms with Crippen LogP contribution in [0, 0.1) is 0 Å². The number of hydrogen-bond donors (Lipinski definition) is 0. The van der Waals surface area contributed by atoms with Crippen molar-refractivity contribution in [2.75, 3.05) is 14.2 Å². The summed E-state index contributed by atoms with van der Waals surface area (Å²) in [6.45, 7) is 0. The lowest BCUT2D eigenvalue weighted by atomic mass is 9.91. The summed E-state index contributed by atoms with van der Waals surface area (Å²) in [5, 5.41) is 0. The molecule has 0 aliphatic heterocycles. The third-order valence-electron chi connectivity index (χ3n) is 5.46. The molecule has 0 fully saturated rings. The van der Waals surface area contributed by atoms with E-state index in [9.17, 15) is 9.36 Å². The Balaban J connectivity index is 2.08. The first-order valence-corrected chi connectivity index (χ1v) is 11.3. The van der Waals surface area contributed by atoms with Crippen LogP contribution in [0.5, 0.6) is 0 Å². The Labute approximate surface area is 170 Å². The van der Waals surface area contributed by atoms with Gasteiger partial charge in [-0.15, -0.1) is 0 Å². The maximum absolute atomic E-state index is 13.6. The zero-order valence-electron chi connectivity index (χ0n) is 16.6. The first-order chi connectivity index (χ1) is 14.1. The molecule has 150 valence electrons. The highest BCUT2D eigenvalue weighted by Gasteiger charge is 2.39. The summed E-state index contributed by atoms with van der Waals surface area (Å²) in [5.41, 5.74) is 4.28. The Bertz CT molecular complexity index is 1070. The Morgan fingerprint density at radius 1 is 0.862 bits per heavy atom. The van der Waals surface area contributed by atoms with Gasteiger partial charge in [0.1, 0.15) is 5.44 Å². The Morgan fingerprint density at radius 3 is 2.00 bits per heavy atom. The van der Waals surface area contributed by atoms with Crippen molar-refractivity contribution in [3.8, 4) is 5.69 Å². The number of carbonyl (C=O) groups excluding carboxylic acids is 1. The predicted octanol–water partition coefficient (Wildman–Crippen LogP) is 4.70. The summed E-state index contributed by atoms with van der Waals surface area (Å²) in [5.74, 6) is -0.0855. The average molecular weight is 409 g/mol. The summed E-state index contributed by atoms with van der Waals surface area (Å²) >= 11 is 0. The van der Waals surface area contributed by atoms with E-state index in [4.69, 9.17) is 9.05 Å². The lowest BCUT2D eigenvalue weighted by Crippen LogP contribution is -2.24. The topological polar surface area (TPSA) is 57.5 Å². The van der Waals surface area contributed by atoms with Crippen molar-refractivity contribution < 1.29 is 18.4 Å². The SMILES string of the molecule is COP(=O)(OC)c1c2c(c(C(=O)c3ccccc3)n1-c1ccccc1)CCCC2. The molecule has 0 amide bonds. The number of fused-ring (bicyclic) bond motifs is 1. The van der Waals surface area contributed by atoms with Gasteiger partial charge >= 0.3 is 7.60 Å². The Morgan fingerprint density at radius 2 is 1.41 bits per heavy atom. The highest BCUT2D eigenvalue weighted by atomic mass is 31.2. The van der Waals surface area contributed by atoms with E-state index >= 15 is 0 Å². The molecule has 1 heterocycles. The van der Waals surface area contributed by atoms with E-state index in [2.05, 4.69) is 0 Å². The van der Waals surface area contributed by atoms with E-state index in [0.29, 0.717) is 16.7 Å². The van der Waals surface area contributed by atoms with E-state index in [0.717, 1.165) is 42.5 Å². The molecule has 3 aromatic rings. The molecule has 5 nitrogen and oxygen atoms in total. The minimum atomic E-state index is -3.60. The molecule has 0 unspecified atom stereocenters. The zero-order valence-corrected chi connectivity index (χ0v) is 17.5. The molecular weight excluding hydrogens is 385 g/mol. The van der Waals surface area contributed by atoms with Gasteiger partial charge in [-0.3, -0.25) is 13.9 Å². The van der Waals surface area contributed by atoms with Crippen LogP contribution in [0.3, 0.4) is 0 Å².